The number of rotatable bonds is 7. The largest absolute Gasteiger partial charge is 0.347 e. The van der Waals surface area contributed by atoms with E-state index in [4.69, 9.17) is 0 Å². The average Bonchev–Trinajstić information content (AvgIpc) is 3.21. The first-order valence-corrected chi connectivity index (χ1v) is 11.1. The van der Waals surface area contributed by atoms with E-state index in [9.17, 15) is 9.59 Å². The van der Waals surface area contributed by atoms with Crippen molar-refractivity contribution in [3.05, 3.63) is 66.4 Å². The SMILES string of the molecule is CCc1ccccc1NC(=O)CN1CCN(C(=O)CCn2ccc3ccccc32)CC1. The van der Waals surface area contributed by atoms with Crippen LogP contribution in [0.15, 0.2) is 60.8 Å². The van der Waals surface area contributed by atoms with Crippen molar-refractivity contribution in [2.75, 3.05) is 38.0 Å². The molecule has 1 aliphatic heterocycles. The maximum Gasteiger partial charge on any atom is 0.238 e. The van der Waals surface area contributed by atoms with Crippen molar-refractivity contribution in [2.24, 2.45) is 0 Å². The molecule has 0 unspecified atom stereocenters. The zero-order valence-corrected chi connectivity index (χ0v) is 18.1. The van der Waals surface area contributed by atoms with E-state index >= 15 is 0 Å². The molecule has 0 atom stereocenters. The van der Waals surface area contributed by atoms with Gasteiger partial charge >= 0.3 is 0 Å². The van der Waals surface area contributed by atoms with Crippen LogP contribution in [0.25, 0.3) is 10.9 Å². The van der Waals surface area contributed by atoms with E-state index in [1.807, 2.05) is 47.5 Å². The van der Waals surface area contributed by atoms with Crippen molar-refractivity contribution in [3.8, 4) is 0 Å². The van der Waals surface area contributed by atoms with E-state index in [1.54, 1.807) is 0 Å². The zero-order valence-electron chi connectivity index (χ0n) is 18.1. The maximum atomic E-state index is 12.7. The van der Waals surface area contributed by atoms with Crippen molar-refractivity contribution < 1.29 is 9.59 Å². The number of carbonyl (C=O) groups is 2. The number of hydrogen-bond acceptors (Lipinski definition) is 3. The number of amides is 2. The number of para-hydroxylation sites is 2. The summed E-state index contributed by atoms with van der Waals surface area (Å²) in [7, 11) is 0. The smallest absolute Gasteiger partial charge is 0.238 e. The van der Waals surface area contributed by atoms with Gasteiger partial charge in [0.1, 0.15) is 0 Å². The summed E-state index contributed by atoms with van der Waals surface area (Å²) in [5.74, 6) is 0.180. The van der Waals surface area contributed by atoms with E-state index < -0.39 is 0 Å². The molecule has 1 aliphatic rings. The minimum atomic E-state index is 0.000150. The molecule has 1 saturated heterocycles. The summed E-state index contributed by atoms with van der Waals surface area (Å²) in [6.45, 7) is 5.91. The van der Waals surface area contributed by atoms with Crippen LogP contribution in [0.4, 0.5) is 5.69 Å². The molecule has 2 heterocycles. The first-order valence-electron chi connectivity index (χ1n) is 11.1. The fraction of sp³-hybridized carbons (Fsp3) is 0.360. The van der Waals surface area contributed by atoms with Gasteiger partial charge in [0, 0.05) is 56.5 Å². The number of nitrogens with one attached hydrogen (secondary N) is 1. The lowest BCUT2D eigenvalue weighted by Gasteiger charge is -2.34. The van der Waals surface area contributed by atoms with Crippen molar-refractivity contribution >= 4 is 28.4 Å². The van der Waals surface area contributed by atoms with Gasteiger partial charge in [0.2, 0.25) is 11.8 Å². The summed E-state index contributed by atoms with van der Waals surface area (Å²) in [6, 6.07) is 18.2. The van der Waals surface area contributed by atoms with Gasteiger partial charge in [-0.25, -0.2) is 0 Å². The Labute approximate surface area is 183 Å². The van der Waals surface area contributed by atoms with Crippen LogP contribution in [0.5, 0.6) is 0 Å². The van der Waals surface area contributed by atoms with E-state index in [0.717, 1.165) is 36.3 Å². The Kier molecular flexibility index (Phi) is 6.67. The van der Waals surface area contributed by atoms with Crippen LogP contribution in [0.1, 0.15) is 18.9 Å². The molecule has 0 spiro atoms. The van der Waals surface area contributed by atoms with Gasteiger partial charge in [0.25, 0.3) is 0 Å². The Hall–Kier alpha value is -3.12. The molecule has 4 rings (SSSR count). The van der Waals surface area contributed by atoms with Gasteiger partial charge in [-0.2, -0.15) is 0 Å². The molecule has 0 saturated carbocycles. The van der Waals surface area contributed by atoms with E-state index in [0.29, 0.717) is 32.6 Å². The monoisotopic (exact) mass is 418 g/mol. The van der Waals surface area contributed by atoms with Crippen LogP contribution in [0.3, 0.4) is 0 Å². The lowest BCUT2D eigenvalue weighted by atomic mass is 10.1. The number of hydrogen-bond donors (Lipinski definition) is 1. The van der Waals surface area contributed by atoms with Gasteiger partial charge in [0.05, 0.1) is 6.54 Å². The summed E-state index contributed by atoms with van der Waals surface area (Å²) in [4.78, 5) is 29.2. The summed E-state index contributed by atoms with van der Waals surface area (Å²) in [5.41, 5.74) is 3.19. The average molecular weight is 419 g/mol. The second kappa shape index (κ2) is 9.79. The van der Waals surface area contributed by atoms with Gasteiger partial charge < -0.3 is 14.8 Å². The standard InChI is InChI=1S/C25H30N4O2/c1-2-20-7-3-5-9-22(20)26-24(30)19-27-15-17-29(18-16-27)25(31)12-14-28-13-11-21-8-4-6-10-23(21)28/h3-11,13H,2,12,14-19H2,1H3,(H,26,30). The van der Waals surface area contributed by atoms with Gasteiger partial charge in [0.15, 0.2) is 0 Å². The minimum absolute atomic E-state index is 0.000150. The molecule has 31 heavy (non-hydrogen) atoms. The minimum Gasteiger partial charge on any atom is -0.347 e. The van der Waals surface area contributed by atoms with Crippen molar-refractivity contribution in [1.82, 2.24) is 14.4 Å². The molecule has 162 valence electrons. The lowest BCUT2D eigenvalue weighted by Crippen LogP contribution is -2.50. The Morgan fingerprint density at radius 3 is 2.48 bits per heavy atom. The molecule has 0 aliphatic carbocycles. The van der Waals surface area contributed by atoms with Crippen molar-refractivity contribution in [2.45, 2.75) is 26.3 Å². The fourth-order valence-corrected chi connectivity index (χ4v) is 4.21. The molecule has 6 nitrogen and oxygen atoms in total. The quantitative estimate of drug-likeness (QED) is 0.640. The molecule has 6 heteroatoms. The third kappa shape index (κ3) is 5.14. The molecule has 3 aromatic rings. The molecule has 2 amide bonds. The highest BCUT2D eigenvalue weighted by Gasteiger charge is 2.22. The third-order valence-electron chi connectivity index (χ3n) is 6.01. The summed E-state index contributed by atoms with van der Waals surface area (Å²) in [5, 5.41) is 4.23. The Morgan fingerprint density at radius 2 is 1.68 bits per heavy atom. The number of benzene rings is 2. The Bertz CT molecular complexity index is 1050. The van der Waals surface area contributed by atoms with Crippen LogP contribution < -0.4 is 5.32 Å². The topological polar surface area (TPSA) is 57.6 Å². The first-order chi connectivity index (χ1) is 15.1. The molecular formula is C25H30N4O2. The van der Waals surface area contributed by atoms with Gasteiger partial charge in [-0.05, 0) is 35.6 Å². The number of aryl methyl sites for hydroxylation is 2. The number of anilines is 1. The fourth-order valence-electron chi connectivity index (χ4n) is 4.21. The zero-order chi connectivity index (χ0) is 21.6. The highest BCUT2D eigenvalue weighted by Crippen LogP contribution is 2.17. The van der Waals surface area contributed by atoms with E-state index in [2.05, 4.69) is 39.9 Å². The van der Waals surface area contributed by atoms with Crippen LogP contribution >= 0.6 is 0 Å². The molecule has 0 radical (unpaired) electrons. The number of nitrogens with zero attached hydrogens (tertiary/aromatic N) is 3. The van der Waals surface area contributed by atoms with Crippen LogP contribution in [0.2, 0.25) is 0 Å². The summed E-state index contributed by atoms with van der Waals surface area (Å²) >= 11 is 0. The van der Waals surface area contributed by atoms with Gasteiger partial charge in [-0.3, -0.25) is 14.5 Å². The highest BCUT2D eigenvalue weighted by molar-refractivity contribution is 5.93. The molecule has 1 aromatic heterocycles. The second-order valence-electron chi connectivity index (χ2n) is 8.03. The van der Waals surface area contributed by atoms with Crippen molar-refractivity contribution in [3.63, 3.8) is 0 Å². The van der Waals surface area contributed by atoms with Crippen LogP contribution in [-0.2, 0) is 22.6 Å². The van der Waals surface area contributed by atoms with Gasteiger partial charge in [-0.1, -0.05) is 43.3 Å². The van der Waals surface area contributed by atoms with E-state index in [-0.39, 0.29) is 11.8 Å². The second-order valence-corrected chi connectivity index (χ2v) is 8.03. The normalized spacial score (nSPS) is 14.7. The maximum absolute atomic E-state index is 12.7. The molecular weight excluding hydrogens is 388 g/mol. The number of carbonyl (C=O) groups excluding carboxylic acids is 2. The van der Waals surface area contributed by atoms with Crippen LogP contribution in [0, 0.1) is 0 Å². The molecule has 1 fully saturated rings. The Morgan fingerprint density at radius 1 is 0.935 bits per heavy atom. The molecule has 2 aromatic carbocycles. The lowest BCUT2D eigenvalue weighted by molar-refractivity contribution is -0.133. The number of piperazine rings is 1. The third-order valence-corrected chi connectivity index (χ3v) is 6.01. The van der Waals surface area contributed by atoms with Crippen LogP contribution in [-0.4, -0.2) is 58.9 Å². The number of aromatic nitrogens is 1. The first kappa shape index (κ1) is 21.1. The Balaban J connectivity index is 1.22. The predicted molar refractivity (Wildman–Crippen MR) is 124 cm³/mol. The predicted octanol–water partition coefficient (Wildman–Crippen LogP) is 3.38. The van der Waals surface area contributed by atoms with Crippen molar-refractivity contribution in [1.29, 1.82) is 0 Å². The number of fused-ring (bicyclic) bond motifs is 1. The summed E-state index contributed by atoms with van der Waals surface area (Å²) in [6.07, 6.45) is 3.42. The molecule has 1 N–H and O–H groups in total. The van der Waals surface area contributed by atoms with Gasteiger partial charge in [-0.15, -0.1) is 0 Å². The highest BCUT2D eigenvalue weighted by atomic mass is 16.2. The summed E-state index contributed by atoms with van der Waals surface area (Å²) < 4.78 is 2.14. The molecule has 0 bridgehead atoms. The van der Waals surface area contributed by atoms with E-state index in [1.165, 1.54) is 5.39 Å².